The van der Waals surface area contributed by atoms with Crippen molar-refractivity contribution in [1.82, 2.24) is 20.4 Å². The molecule has 2 heterocycles. The van der Waals surface area contributed by atoms with Gasteiger partial charge in [0.15, 0.2) is 0 Å². The zero-order chi connectivity index (χ0) is 15.5. The lowest BCUT2D eigenvalue weighted by atomic mass is 10.0. The highest BCUT2D eigenvalue weighted by Crippen LogP contribution is 2.34. The minimum absolute atomic E-state index is 0.104. The summed E-state index contributed by atoms with van der Waals surface area (Å²) in [6.07, 6.45) is 2.89. The number of methoxy groups -OCH3 is 1. The fourth-order valence-corrected chi connectivity index (χ4v) is 2.03. The molecular formula is C15H11FN4O2. The first-order valence-corrected chi connectivity index (χ1v) is 6.36. The maximum absolute atomic E-state index is 14.4. The van der Waals surface area contributed by atoms with Crippen LogP contribution >= 0.6 is 0 Å². The SMILES string of the molecule is COc1cc(-c2cc(O)c(-c3cccnn3)cc2F)cnn1. The van der Waals surface area contributed by atoms with Crippen molar-refractivity contribution < 1.29 is 14.2 Å². The first-order chi connectivity index (χ1) is 10.7. The smallest absolute Gasteiger partial charge is 0.233 e. The molecule has 0 unspecified atom stereocenters. The molecule has 0 fully saturated rings. The summed E-state index contributed by atoms with van der Waals surface area (Å²) in [5, 5.41) is 25.2. The van der Waals surface area contributed by atoms with Crippen molar-refractivity contribution in [3.05, 3.63) is 48.5 Å². The van der Waals surface area contributed by atoms with E-state index < -0.39 is 5.82 Å². The second-order valence-electron chi connectivity index (χ2n) is 4.44. The molecule has 22 heavy (non-hydrogen) atoms. The monoisotopic (exact) mass is 298 g/mol. The van der Waals surface area contributed by atoms with E-state index in [-0.39, 0.29) is 22.8 Å². The van der Waals surface area contributed by atoms with Crippen molar-refractivity contribution >= 4 is 0 Å². The predicted molar refractivity (Wildman–Crippen MR) is 76.7 cm³/mol. The second kappa shape index (κ2) is 5.72. The Bertz CT molecular complexity index is 812. The molecule has 3 aromatic rings. The summed E-state index contributed by atoms with van der Waals surface area (Å²) in [7, 11) is 1.44. The molecule has 0 spiro atoms. The third-order valence-corrected chi connectivity index (χ3v) is 3.09. The van der Waals surface area contributed by atoms with Crippen LogP contribution in [0.3, 0.4) is 0 Å². The Morgan fingerprint density at radius 2 is 1.95 bits per heavy atom. The van der Waals surface area contributed by atoms with Gasteiger partial charge >= 0.3 is 0 Å². The Labute approximate surface area is 125 Å². The van der Waals surface area contributed by atoms with Crippen molar-refractivity contribution in [3.63, 3.8) is 0 Å². The molecule has 0 aliphatic rings. The number of nitrogens with zero attached hydrogens (tertiary/aromatic N) is 4. The zero-order valence-electron chi connectivity index (χ0n) is 11.6. The molecular weight excluding hydrogens is 287 g/mol. The van der Waals surface area contributed by atoms with Crippen molar-refractivity contribution in [2.24, 2.45) is 0 Å². The number of rotatable bonds is 3. The minimum atomic E-state index is -0.520. The van der Waals surface area contributed by atoms with Gasteiger partial charge in [0.05, 0.1) is 19.0 Å². The van der Waals surface area contributed by atoms with Crippen LogP contribution in [0.4, 0.5) is 4.39 Å². The van der Waals surface area contributed by atoms with Crippen LogP contribution in [0.25, 0.3) is 22.4 Å². The molecule has 0 atom stereocenters. The van der Waals surface area contributed by atoms with Gasteiger partial charge in [-0.3, -0.25) is 0 Å². The van der Waals surface area contributed by atoms with Crippen LogP contribution in [0.5, 0.6) is 11.6 Å². The van der Waals surface area contributed by atoms with E-state index in [4.69, 9.17) is 4.74 Å². The fourth-order valence-electron chi connectivity index (χ4n) is 2.03. The average Bonchev–Trinajstić information content (AvgIpc) is 2.57. The van der Waals surface area contributed by atoms with E-state index >= 15 is 0 Å². The number of halogens is 1. The van der Waals surface area contributed by atoms with Crippen molar-refractivity contribution in [2.45, 2.75) is 0 Å². The number of hydrogen-bond donors (Lipinski definition) is 1. The summed E-state index contributed by atoms with van der Waals surface area (Å²) in [5.41, 5.74) is 1.29. The van der Waals surface area contributed by atoms with Gasteiger partial charge in [-0.25, -0.2) is 4.39 Å². The lowest BCUT2D eigenvalue weighted by molar-refractivity contribution is 0.392. The normalized spacial score (nSPS) is 10.5. The number of ether oxygens (including phenoxy) is 1. The van der Waals surface area contributed by atoms with E-state index in [1.54, 1.807) is 12.1 Å². The maximum atomic E-state index is 14.4. The number of aromatic nitrogens is 4. The molecule has 0 bridgehead atoms. The van der Waals surface area contributed by atoms with Gasteiger partial charge in [0.25, 0.3) is 0 Å². The van der Waals surface area contributed by atoms with Gasteiger partial charge in [-0.15, -0.1) is 5.10 Å². The summed E-state index contributed by atoms with van der Waals surface area (Å²) in [6, 6.07) is 7.35. The predicted octanol–water partition coefficient (Wildman–Crippen LogP) is 2.45. The first kappa shape index (κ1) is 13.9. The van der Waals surface area contributed by atoms with Crippen LogP contribution < -0.4 is 4.74 Å². The fraction of sp³-hybridized carbons (Fsp3) is 0.0667. The Balaban J connectivity index is 2.10. The van der Waals surface area contributed by atoms with E-state index in [9.17, 15) is 9.50 Å². The molecule has 6 nitrogen and oxygen atoms in total. The topological polar surface area (TPSA) is 81.0 Å². The number of hydrogen-bond acceptors (Lipinski definition) is 6. The first-order valence-electron chi connectivity index (χ1n) is 6.36. The maximum Gasteiger partial charge on any atom is 0.233 e. The van der Waals surface area contributed by atoms with Gasteiger partial charge in [0, 0.05) is 29.0 Å². The average molecular weight is 298 g/mol. The van der Waals surface area contributed by atoms with E-state index in [1.165, 1.54) is 37.7 Å². The number of benzene rings is 1. The number of aromatic hydroxyl groups is 1. The molecule has 7 heteroatoms. The van der Waals surface area contributed by atoms with Crippen molar-refractivity contribution in [3.8, 4) is 34.0 Å². The summed E-state index contributed by atoms with van der Waals surface area (Å²) in [4.78, 5) is 0. The molecule has 3 rings (SSSR count). The largest absolute Gasteiger partial charge is 0.507 e. The second-order valence-corrected chi connectivity index (χ2v) is 4.44. The quantitative estimate of drug-likeness (QED) is 0.800. The lowest BCUT2D eigenvalue weighted by Crippen LogP contribution is -1.94. The zero-order valence-corrected chi connectivity index (χ0v) is 11.6. The van der Waals surface area contributed by atoms with Gasteiger partial charge < -0.3 is 9.84 Å². The third kappa shape index (κ3) is 2.56. The molecule has 1 aromatic carbocycles. The molecule has 1 N–H and O–H groups in total. The molecule has 2 aromatic heterocycles. The van der Waals surface area contributed by atoms with Crippen molar-refractivity contribution in [1.29, 1.82) is 0 Å². The van der Waals surface area contributed by atoms with Crippen LogP contribution in [0.15, 0.2) is 42.7 Å². The third-order valence-electron chi connectivity index (χ3n) is 3.09. The molecule has 0 radical (unpaired) electrons. The van der Waals surface area contributed by atoms with Crippen LogP contribution in [0, 0.1) is 5.82 Å². The highest BCUT2D eigenvalue weighted by atomic mass is 19.1. The lowest BCUT2D eigenvalue weighted by Gasteiger charge is -2.09. The molecule has 0 saturated heterocycles. The molecule has 110 valence electrons. The van der Waals surface area contributed by atoms with Gasteiger partial charge in [-0.05, 0) is 24.3 Å². The van der Waals surface area contributed by atoms with Gasteiger partial charge in [-0.2, -0.15) is 15.3 Å². The Morgan fingerprint density at radius 3 is 2.68 bits per heavy atom. The highest BCUT2D eigenvalue weighted by Gasteiger charge is 2.14. The van der Waals surface area contributed by atoms with E-state index in [1.807, 2.05) is 0 Å². The van der Waals surface area contributed by atoms with Gasteiger partial charge in [-0.1, -0.05) is 0 Å². The molecule has 0 saturated carbocycles. The van der Waals surface area contributed by atoms with Crippen molar-refractivity contribution in [2.75, 3.05) is 7.11 Å². The molecule has 0 aliphatic carbocycles. The summed E-state index contributed by atoms with van der Waals surface area (Å²) in [5.74, 6) is -0.365. The standard InChI is InChI=1S/C15H11FN4O2/c1-22-15-5-9(8-18-20-15)10-7-14(21)11(6-12(10)16)13-3-2-4-17-19-13/h2-8,21H,1H3. The van der Waals surface area contributed by atoms with Gasteiger partial charge in [0.1, 0.15) is 11.6 Å². The number of phenolic OH excluding ortho intramolecular Hbond substituents is 1. The minimum Gasteiger partial charge on any atom is -0.507 e. The molecule has 0 aliphatic heterocycles. The van der Waals surface area contributed by atoms with Gasteiger partial charge in [0.2, 0.25) is 5.88 Å². The van der Waals surface area contributed by atoms with E-state index in [2.05, 4.69) is 20.4 Å². The van der Waals surface area contributed by atoms with E-state index in [0.29, 0.717) is 11.3 Å². The van der Waals surface area contributed by atoms with Crippen LogP contribution in [-0.2, 0) is 0 Å². The van der Waals surface area contributed by atoms with E-state index in [0.717, 1.165) is 0 Å². The summed E-state index contributed by atoms with van der Waals surface area (Å²) >= 11 is 0. The number of phenols is 1. The van der Waals surface area contributed by atoms with Crippen LogP contribution in [0.1, 0.15) is 0 Å². The van der Waals surface area contributed by atoms with Crippen LogP contribution in [-0.4, -0.2) is 32.6 Å². The molecule has 0 amide bonds. The Hall–Kier alpha value is -3.09. The summed E-state index contributed by atoms with van der Waals surface area (Å²) < 4.78 is 19.4. The Morgan fingerprint density at radius 1 is 1.09 bits per heavy atom. The van der Waals surface area contributed by atoms with Crippen LogP contribution in [0.2, 0.25) is 0 Å². The summed E-state index contributed by atoms with van der Waals surface area (Å²) in [6.45, 7) is 0. The Kier molecular flexibility index (Phi) is 3.61. The highest BCUT2D eigenvalue weighted by molar-refractivity contribution is 5.74.